The zero-order valence-corrected chi connectivity index (χ0v) is 15.2. The third-order valence-electron chi connectivity index (χ3n) is 5.05. The number of imidazole rings is 1. The van der Waals surface area contributed by atoms with Crippen molar-refractivity contribution in [3.8, 4) is 0 Å². The maximum Gasteiger partial charge on any atom is 0.242 e. The number of aromatic nitrogens is 2. The number of piperazine rings is 1. The minimum Gasteiger partial charge on any atom is -0.334 e. The lowest BCUT2D eigenvalue weighted by molar-refractivity contribution is -0.137. The van der Waals surface area contributed by atoms with Crippen molar-refractivity contribution in [3.63, 3.8) is 0 Å². The quantitative estimate of drug-likeness (QED) is 0.753. The van der Waals surface area contributed by atoms with E-state index in [0.29, 0.717) is 6.54 Å². The molecule has 3 heterocycles. The highest BCUT2D eigenvalue weighted by Gasteiger charge is 2.47. The number of sulfone groups is 1. The molecule has 1 aromatic rings. The van der Waals surface area contributed by atoms with E-state index < -0.39 is 9.84 Å². The third kappa shape index (κ3) is 3.35. The largest absolute Gasteiger partial charge is 0.334 e. The molecule has 2 aliphatic rings. The second kappa shape index (κ2) is 6.84. The lowest BCUT2D eigenvalue weighted by Gasteiger charge is -2.44. The van der Waals surface area contributed by atoms with Crippen LogP contribution in [0.25, 0.3) is 0 Å². The Morgan fingerprint density at radius 1 is 1.25 bits per heavy atom. The van der Waals surface area contributed by atoms with Crippen molar-refractivity contribution < 1.29 is 13.2 Å². The van der Waals surface area contributed by atoms with Crippen LogP contribution in [0.1, 0.15) is 26.1 Å². The van der Waals surface area contributed by atoms with Gasteiger partial charge in [0, 0.05) is 37.9 Å². The highest BCUT2D eigenvalue weighted by Crippen LogP contribution is 2.27. The summed E-state index contributed by atoms with van der Waals surface area (Å²) in [6.45, 7) is 6.58. The van der Waals surface area contributed by atoms with Crippen molar-refractivity contribution in [2.75, 3.05) is 31.1 Å². The molecule has 24 heavy (non-hydrogen) atoms. The molecule has 0 saturated carbocycles. The maximum absolute atomic E-state index is 12.8. The second-order valence-corrected chi connectivity index (χ2v) is 8.81. The van der Waals surface area contributed by atoms with Crippen LogP contribution in [-0.4, -0.2) is 76.9 Å². The van der Waals surface area contributed by atoms with Crippen molar-refractivity contribution in [2.24, 2.45) is 0 Å². The standard InChI is InChI=1S/C16H26N4O3S/c1-3-6-18-8-9-20(14-12-24(22,23)11-13(14)18)16(21)10-19-7-5-17-15(19)4-2/h5,7,13-14H,3-4,6,8-12H2,1-2H3/t13-,14+/m0/s1. The molecule has 134 valence electrons. The fourth-order valence-electron chi connectivity index (χ4n) is 3.93. The lowest BCUT2D eigenvalue weighted by atomic mass is 10.0. The van der Waals surface area contributed by atoms with Crippen molar-refractivity contribution in [2.45, 2.75) is 45.3 Å². The monoisotopic (exact) mass is 354 g/mol. The first kappa shape index (κ1) is 17.4. The minimum atomic E-state index is -3.08. The van der Waals surface area contributed by atoms with Gasteiger partial charge in [-0.1, -0.05) is 13.8 Å². The van der Waals surface area contributed by atoms with Crippen LogP contribution in [-0.2, 0) is 27.6 Å². The van der Waals surface area contributed by atoms with Crippen LogP contribution in [0.5, 0.6) is 0 Å². The normalized spacial score (nSPS) is 26.5. The Morgan fingerprint density at radius 3 is 2.71 bits per heavy atom. The molecule has 2 fully saturated rings. The van der Waals surface area contributed by atoms with Crippen LogP contribution in [0.4, 0.5) is 0 Å². The first-order chi connectivity index (χ1) is 11.4. The van der Waals surface area contributed by atoms with E-state index in [-0.39, 0.29) is 36.0 Å². The van der Waals surface area contributed by atoms with Gasteiger partial charge in [0.2, 0.25) is 5.91 Å². The number of rotatable bonds is 5. The Bertz CT molecular complexity index is 700. The predicted molar refractivity (Wildman–Crippen MR) is 91.4 cm³/mol. The molecule has 8 heteroatoms. The van der Waals surface area contributed by atoms with Crippen molar-refractivity contribution in [3.05, 3.63) is 18.2 Å². The molecular formula is C16H26N4O3S. The summed E-state index contributed by atoms with van der Waals surface area (Å²) in [4.78, 5) is 21.1. The van der Waals surface area contributed by atoms with Gasteiger partial charge in [0.1, 0.15) is 12.4 Å². The third-order valence-corrected chi connectivity index (χ3v) is 6.74. The number of amides is 1. The molecule has 0 radical (unpaired) electrons. The number of nitrogens with zero attached hydrogens (tertiary/aromatic N) is 4. The number of carbonyl (C=O) groups excluding carboxylic acids is 1. The summed E-state index contributed by atoms with van der Waals surface area (Å²) >= 11 is 0. The van der Waals surface area contributed by atoms with E-state index in [1.165, 1.54) is 0 Å². The van der Waals surface area contributed by atoms with E-state index in [1.54, 1.807) is 11.1 Å². The Hall–Kier alpha value is -1.41. The summed E-state index contributed by atoms with van der Waals surface area (Å²) in [5.74, 6) is 1.13. The molecule has 2 atom stereocenters. The van der Waals surface area contributed by atoms with Crippen LogP contribution in [0.15, 0.2) is 12.4 Å². The number of aryl methyl sites for hydroxylation is 1. The fraction of sp³-hybridized carbons (Fsp3) is 0.750. The number of hydrogen-bond acceptors (Lipinski definition) is 5. The molecule has 2 aliphatic heterocycles. The van der Waals surface area contributed by atoms with E-state index >= 15 is 0 Å². The topological polar surface area (TPSA) is 75.5 Å². The minimum absolute atomic E-state index is 0.00838. The zero-order chi connectivity index (χ0) is 17.3. The van der Waals surface area contributed by atoms with Crippen molar-refractivity contribution in [1.82, 2.24) is 19.4 Å². The smallest absolute Gasteiger partial charge is 0.242 e. The fourth-order valence-corrected chi connectivity index (χ4v) is 5.95. The average Bonchev–Trinajstić information content (AvgIpc) is 3.10. The van der Waals surface area contributed by atoms with Gasteiger partial charge in [0.25, 0.3) is 0 Å². The van der Waals surface area contributed by atoms with E-state index in [2.05, 4.69) is 16.8 Å². The SMILES string of the molecule is CCCN1CCN(C(=O)Cn2ccnc2CC)[C@@H]2CS(=O)(=O)C[C@@H]21. The first-order valence-corrected chi connectivity index (χ1v) is 10.5. The first-order valence-electron chi connectivity index (χ1n) is 8.69. The van der Waals surface area contributed by atoms with Gasteiger partial charge in [-0.3, -0.25) is 9.69 Å². The van der Waals surface area contributed by atoms with Crippen molar-refractivity contribution >= 4 is 15.7 Å². The zero-order valence-electron chi connectivity index (χ0n) is 14.4. The Kier molecular flexibility index (Phi) is 4.96. The summed E-state index contributed by atoms with van der Waals surface area (Å²) in [7, 11) is -3.08. The lowest BCUT2D eigenvalue weighted by Crippen LogP contribution is -2.61. The molecule has 7 nitrogen and oxygen atoms in total. The van der Waals surface area contributed by atoms with Gasteiger partial charge in [0.15, 0.2) is 9.84 Å². The van der Waals surface area contributed by atoms with E-state index in [9.17, 15) is 13.2 Å². The number of carbonyl (C=O) groups is 1. The van der Waals surface area contributed by atoms with Crippen LogP contribution < -0.4 is 0 Å². The van der Waals surface area contributed by atoms with Crippen LogP contribution in [0.2, 0.25) is 0 Å². The molecule has 0 spiro atoms. The Balaban J connectivity index is 1.77. The molecule has 0 aliphatic carbocycles. The molecule has 2 saturated heterocycles. The molecule has 0 aromatic carbocycles. The summed E-state index contributed by atoms with van der Waals surface area (Å²) in [5.41, 5.74) is 0. The van der Waals surface area contributed by atoms with E-state index in [1.807, 2.05) is 17.7 Å². The van der Waals surface area contributed by atoms with Gasteiger partial charge in [-0.2, -0.15) is 0 Å². The summed E-state index contributed by atoms with van der Waals surface area (Å²) in [5, 5.41) is 0. The van der Waals surface area contributed by atoms with Gasteiger partial charge in [-0.25, -0.2) is 13.4 Å². The number of hydrogen-bond donors (Lipinski definition) is 0. The molecule has 3 rings (SSSR count). The van der Waals surface area contributed by atoms with Gasteiger partial charge >= 0.3 is 0 Å². The van der Waals surface area contributed by atoms with Gasteiger partial charge < -0.3 is 9.47 Å². The van der Waals surface area contributed by atoms with E-state index in [4.69, 9.17) is 0 Å². The molecule has 0 unspecified atom stereocenters. The van der Waals surface area contributed by atoms with Crippen molar-refractivity contribution in [1.29, 1.82) is 0 Å². The summed E-state index contributed by atoms with van der Waals surface area (Å²) in [6, 6.07) is -0.266. The molecule has 0 bridgehead atoms. The van der Waals surface area contributed by atoms with Crippen LogP contribution >= 0.6 is 0 Å². The molecule has 1 aromatic heterocycles. The second-order valence-electron chi connectivity index (χ2n) is 6.66. The van der Waals surface area contributed by atoms with Gasteiger partial charge in [-0.15, -0.1) is 0 Å². The van der Waals surface area contributed by atoms with Crippen LogP contribution in [0.3, 0.4) is 0 Å². The maximum atomic E-state index is 12.8. The Morgan fingerprint density at radius 2 is 2.00 bits per heavy atom. The predicted octanol–water partition coefficient (Wildman–Crippen LogP) is 0.165. The highest BCUT2D eigenvalue weighted by atomic mass is 32.2. The average molecular weight is 354 g/mol. The molecule has 0 N–H and O–H groups in total. The summed E-state index contributed by atoms with van der Waals surface area (Å²) in [6.07, 6.45) is 5.28. The van der Waals surface area contributed by atoms with Gasteiger partial charge in [-0.05, 0) is 13.0 Å². The molecule has 1 amide bonds. The van der Waals surface area contributed by atoms with Crippen LogP contribution in [0, 0.1) is 0 Å². The van der Waals surface area contributed by atoms with Gasteiger partial charge in [0.05, 0.1) is 17.5 Å². The Labute approximate surface area is 143 Å². The summed E-state index contributed by atoms with van der Waals surface area (Å²) < 4.78 is 26.2. The molecular weight excluding hydrogens is 328 g/mol. The number of fused-ring (bicyclic) bond motifs is 1. The van der Waals surface area contributed by atoms with E-state index in [0.717, 1.165) is 31.8 Å². The highest BCUT2D eigenvalue weighted by molar-refractivity contribution is 7.91.